The van der Waals surface area contributed by atoms with E-state index in [1.54, 1.807) is 24.3 Å². The number of carbonyl (C=O) groups excluding carboxylic acids is 2. The highest BCUT2D eigenvalue weighted by atomic mass is 16.5. The molecule has 0 aliphatic heterocycles. The van der Waals surface area contributed by atoms with Gasteiger partial charge in [-0.1, -0.05) is 18.2 Å². The molecule has 0 radical (unpaired) electrons. The molecular weight excluding hydrogens is 354 g/mol. The minimum atomic E-state index is -0.425. The molecule has 0 aliphatic rings. The van der Waals surface area contributed by atoms with Gasteiger partial charge in [-0.25, -0.2) is 0 Å². The van der Waals surface area contributed by atoms with Crippen LogP contribution in [-0.4, -0.2) is 23.9 Å². The molecule has 2 aromatic carbocycles. The smallest absolute Gasteiger partial charge is 0.274 e. The van der Waals surface area contributed by atoms with E-state index in [1.165, 1.54) is 19.4 Å². The number of anilines is 2. The van der Waals surface area contributed by atoms with Gasteiger partial charge in [0.2, 0.25) is 0 Å². The number of hydrogen-bond acceptors (Lipinski definition) is 4. The summed E-state index contributed by atoms with van der Waals surface area (Å²) in [7, 11) is 1.53. The van der Waals surface area contributed by atoms with E-state index < -0.39 is 5.91 Å². The predicted molar refractivity (Wildman–Crippen MR) is 109 cm³/mol. The average molecular weight is 375 g/mol. The second-order valence-electron chi connectivity index (χ2n) is 6.41. The molecule has 1 aromatic heterocycles. The summed E-state index contributed by atoms with van der Waals surface area (Å²) in [6.45, 7) is 3.94. The van der Waals surface area contributed by atoms with Crippen LogP contribution in [0, 0.1) is 13.8 Å². The second kappa shape index (κ2) is 8.35. The molecule has 28 heavy (non-hydrogen) atoms. The third kappa shape index (κ3) is 4.54. The summed E-state index contributed by atoms with van der Waals surface area (Å²) in [5.41, 5.74) is 3.84. The SMILES string of the molecule is COc1ccccc1NC(=O)c1cc(C(=O)Nc2cc(C)cc(C)c2)ccn1. The number of methoxy groups -OCH3 is 1. The fourth-order valence-corrected chi connectivity index (χ4v) is 2.88. The first-order chi connectivity index (χ1) is 13.5. The normalized spacial score (nSPS) is 10.2. The van der Waals surface area contributed by atoms with Gasteiger partial charge in [0.05, 0.1) is 12.8 Å². The quantitative estimate of drug-likeness (QED) is 0.700. The molecular formula is C22H21N3O3. The zero-order chi connectivity index (χ0) is 20.1. The van der Waals surface area contributed by atoms with E-state index in [2.05, 4.69) is 15.6 Å². The molecule has 6 nitrogen and oxygen atoms in total. The summed E-state index contributed by atoms with van der Waals surface area (Å²) in [5, 5.41) is 5.61. The van der Waals surface area contributed by atoms with Gasteiger partial charge in [-0.05, 0) is 61.4 Å². The molecule has 0 atom stereocenters. The summed E-state index contributed by atoms with van der Waals surface area (Å²) in [5.74, 6) is -0.191. The third-order valence-electron chi connectivity index (χ3n) is 4.09. The first-order valence-electron chi connectivity index (χ1n) is 8.76. The van der Waals surface area contributed by atoms with Crippen LogP contribution in [0.4, 0.5) is 11.4 Å². The van der Waals surface area contributed by atoms with Crippen molar-refractivity contribution in [3.05, 3.63) is 83.2 Å². The Bertz CT molecular complexity index is 1010. The molecule has 3 rings (SSSR count). The van der Waals surface area contributed by atoms with E-state index >= 15 is 0 Å². The summed E-state index contributed by atoms with van der Waals surface area (Å²) in [6, 6.07) is 15.9. The molecule has 142 valence electrons. The lowest BCUT2D eigenvalue weighted by atomic mass is 10.1. The van der Waals surface area contributed by atoms with Crippen molar-refractivity contribution in [1.29, 1.82) is 0 Å². The molecule has 0 saturated carbocycles. The van der Waals surface area contributed by atoms with Crippen LogP contribution in [0.5, 0.6) is 5.75 Å². The lowest BCUT2D eigenvalue weighted by Gasteiger charge is -2.10. The number of nitrogens with one attached hydrogen (secondary N) is 2. The van der Waals surface area contributed by atoms with Gasteiger partial charge >= 0.3 is 0 Å². The van der Waals surface area contributed by atoms with Crippen molar-refractivity contribution < 1.29 is 14.3 Å². The number of ether oxygens (including phenoxy) is 1. The maximum atomic E-state index is 12.6. The molecule has 0 unspecified atom stereocenters. The van der Waals surface area contributed by atoms with Crippen molar-refractivity contribution in [2.45, 2.75) is 13.8 Å². The van der Waals surface area contributed by atoms with Crippen molar-refractivity contribution in [3.8, 4) is 5.75 Å². The molecule has 2 N–H and O–H groups in total. The topological polar surface area (TPSA) is 80.3 Å². The van der Waals surface area contributed by atoms with Gasteiger partial charge in [-0.3, -0.25) is 14.6 Å². The maximum absolute atomic E-state index is 12.6. The number of amides is 2. The second-order valence-corrected chi connectivity index (χ2v) is 6.41. The van der Waals surface area contributed by atoms with Gasteiger partial charge in [0, 0.05) is 17.4 Å². The van der Waals surface area contributed by atoms with Crippen LogP contribution in [0.2, 0.25) is 0 Å². The Morgan fingerprint density at radius 3 is 2.32 bits per heavy atom. The number of para-hydroxylation sites is 2. The van der Waals surface area contributed by atoms with Gasteiger partial charge in [-0.2, -0.15) is 0 Å². The van der Waals surface area contributed by atoms with Crippen molar-refractivity contribution in [2.24, 2.45) is 0 Å². The maximum Gasteiger partial charge on any atom is 0.274 e. The van der Waals surface area contributed by atoms with Gasteiger partial charge < -0.3 is 15.4 Å². The Labute approximate surface area is 163 Å². The van der Waals surface area contributed by atoms with Crippen LogP contribution >= 0.6 is 0 Å². The summed E-state index contributed by atoms with van der Waals surface area (Å²) < 4.78 is 5.23. The van der Waals surface area contributed by atoms with Crippen molar-refractivity contribution in [2.75, 3.05) is 17.7 Å². The molecule has 2 amide bonds. The highest BCUT2D eigenvalue weighted by Crippen LogP contribution is 2.23. The highest BCUT2D eigenvalue weighted by Gasteiger charge is 2.14. The molecule has 0 spiro atoms. The Morgan fingerprint density at radius 2 is 1.61 bits per heavy atom. The fraction of sp³-hybridized carbons (Fsp3) is 0.136. The Hall–Kier alpha value is -3.67. The minimum Gasteiger partial charge on any atom is -0.495 e. The molecule has 3 aromatic rings. The largest absolute Gasteiger partial charge is 0.495 e. The summed E-state index contributed by atoms with van der Waals surface area (Å²) in [6.07, 6.45) is 1.44. The molecule has 0 saturated heterocycles. The van der Waals surface area contributed by atoms with E-state index in [1.807, 2.05) is 38.1 Å². The van der Waals surface area contributed by atoms with Crippen molar-refractivity contribution in [3.63, 3.8) is 0 Å². The van der Waals surface area contributed by atoms with Crippen LogP contribution in [0.15, 0.2) is 60.8 Å². The van der Waals surface area contributed by atoms with Crippen LogP contribution < -0.4 is 15.4 Å². The van der Waals surface area contributed by atoms with Crippen molar-refractivity contribution in [1.82, 2.24) is 4.98 Å². The molecule has 0 bridgehead atoms. The summed E-state index contributed by atoms with van der Waals surface area (Å²) in [4.78, 5) is 29.2. The number of rotatable bonds is 5. The average Bonchev–Trinajstić information content (AvgIpc) is 2.67. The number of benzene rings is 2. The standard InChI is InChI=1S/C22H21N3O3/c1-14-10-15(2)12-17(11-14)24-21(26)16-8-9-23-19(13-16)22(27)25-18-6-4-5-7-20(18)28-3/h4-13H,1-3H3,(H,24,26)(H,25,27). The van der Waals surface area contributed by atoms with E-state index in [-0.39, 0.29) is 11.6 Å². The molecule has 0 fully saturated rings. The van der Waals surface area contributed by atoms with E-state index in [4.69, 9.17) is 4.74 Å². The lowest BCUT2D eigenvalue weighted by molar-refractivity contribution is 0.102. The van der Waals surface area contributed by atoms with Crippen LogP contribution in [0.25, 0.3) is 0 Å². The van der Waals surface area contributed by atoms with E-state index in [0.717, 1.165) is 11.1 Å². The number of pyridine rings is 1. The third-order valence-corrected chi connectivity index (χ3v) is 4.09. The van der Waals surface area contributed by atoms with E-state index in [9.17, 15) is 9.59 Å². The number of hydrogen-bond donors (Lipinski definition) is 2. The Balaban J connectivity index is 1.77. The highest BCUT2D eigenvalue weighted by molar-refractivity contribution is 6.08. The predicted octanol–water partition coefficient (Wildman–Crippen LogP) is 4.21. The molecule has 6 heteroatoms. The first-order valence-corrected chi connectivity index (χ1v) is 8.76. The van der Waals surface area contributed by atoms with Crippen molar-refractivity contribution >= 4 is 23.2 Å². The Kier molecular flexibility index (Phi) is 5.69. The Morgan fingerprint density at radius 1 is 0.893 bits per heavy atom. The molecule has 1 heterocycles. The number of aryl methyl sites for hydroxylation is 2. The van der Waals surface area contributed by atoms with E-state index in [0.29, 0.717) is 22.7 Å². The van der Waals surface area contributed by atoms with Gasteiger partial charge in [0.1, 0.15) is 11.4 Å². The number of carbonyl (C=O) groups is 2. The zero-order valence-electron chi connectivity index (χ0n) is 15.9. The zero-order valence-corrected chi connectivity index (χ0v) is 15.9. The number of nitrogens with zero attached hydrogens (tertiary/aromatic N) is 1. The number of aromatic nitrogens is 1. The first kappa shape index (κ1) is 19.1. The van der Waals surface area contributed by atoms with Crippen LogP contribution in [-0.2, 0) is 0 Å². The fourth-order valence-electron chi connectivity index (χ4n) is 2.88. The monoisotopic (exact) mass is 375 g/mol. The minimum absolute atomic E-state index is 0.138. The lowest BCUT2D eigenvalue weighted by Crippen LogP contribution is -2.17. The summed E-state index contributed by atoms with van der Waals surface area (Å²) >= 11 is 0. The van der Waals surface area contributed by atoms with Gasteiger partial charge in [-0.15, -0.1) is 0 Å². The van der Waals surface area contributed by atoms with Crippen LogP contribution in [0.3, 0.4) is 0 Å². The van der Waals surface area contributed by atoms with Crippen LogP contribution in [0.1, 0.15) is 32.0 Å². The van der Waals surface area contributed by atoms with Gasteiger partial charge in [0.25, 0.3) is 11.8 Å². The van der Waals surface area contributed by atoms with Gasteiger partial charge in [0.15, 0.2) is 0 Å². The molecule has 0 aliphatic carbocycles.